The van der Waals surface area contributed by atoms with Gasteiger partial charge in [0, 0.05) is 30.1 Å². The maximum absolute atomic E-state index is 13.6. The van der Waals surface area contributed by atoms with Crippen LogP contribution in [0.15, 0.2) is 42.5 Å². The molecule has 1 aliphatic heterocycles. The molecule has 1 heterocycles. The van der Waals surface area contributed by atoms with Crippen molar-refractivity contribution in [3.8, 4) is 0 Å². The molecule has 6 nitrogen and oxygen atoms in total. The van der Waals surface area contributed by atoms with Crippen molar-refractivity contribution < 1.29 is 14.1 Å². The number of nitrogens with zero attached hydrogens (tertiary/aromatic N) is 2. The molecule has 0 aromatic heterocycles. The Labute approximate surface area is 148 Å². The van der Waals surface area contributed by atoms with E-state index < -0.39 is 4.92 Å². The predicted molar refractivity (Wildman–Crippen MR) is 95.2 cm³/mol. The van der Waals surface area contributed by atoms with E-state index in [4.69, 9.17) is 0 Å². The number of nitro benzene ring substituents is 1. The van der Waals surface area contributed by atoms with Gasteiger partial charge in [-0.2, -0.15) is 0 Å². The molecule has 2 aromatic carbocycles. The molecule has 1 fully saturated rings. The number of urea groups is 1. The zero-order chi connectivity index (χ0) is 18.0. The largest absolute Gasteiger partial charge is 0.323 e. The van der Waals surface area contributed by atoms with Crippen LogP contribution in [0.25, 0.3) is 0 Å². The fourth-order valence-electron chi connectivity index (χ4n) is 2.58. The van der Waals surface area contributed by atoms with Crippen LogP contribution in [-0.2, 0) is 0 Å². The van der Waals surface area contributed by atoms with Gasteiger partial charge in [-0.1, -0.05) is 6.07 Å². The fraction of sp³-hybridized carbons (Fsp3) is 0.235. The molecule has 1 saturated heterocycles. The molecule has 0 aliphatic carbocycles. The third kappa shape index (κ3) is 3.74. The summed E-state index contributed by atoms with van der Waals surface area (Å²) in [5, 5.41) is 13.2. The smallest absolute Gasteiger partial charge is 0.308 e. The van der Waals surface area contributed by atoms with Gasteiger partial charge in [-0.3, -0.25) is 10.1 Å². The van der Waals surface area contributed by atoms with E-state index in [2.05, 4.69) is 5.32 Å². The van der Waals surface area contributed by atoms with Crippen molar-refractivity contribution in [2.45, 2.75) is 12.3 Å². The van der Waals surface area contributed by atoms with E-state index in [1.54, 1.807) is 47.9 Å². The summed E-state index contributed by atoms with van der Waals surface area (Å²) in [5.74, 6) is 0.387. The van der Waals surface area contributed by atoms with Crippen molar-refractivity contribution in [1.82, 2.24) is 4.90 Å². The SMILES string of the molecule is Cc1ccc(NC(=O)N2CCSC2c2ccc([N+](=O)[O-])cc2)cc1F. The number of carbonyl (C=O) groups excluding carboxylic acids is 1. The summed E-state index contributed by atoms with van der Waals surface area (Å²) in [6.45, 7) is 2.20. The van der Waals surface area contributed by atoms with Crippen LogP contribution in [0.4, 0.5) is 20.6 Å². The molecular formula is C17H16FN3O3S. The molecule has 0 saturated carbocycles. The second-order valence-corrected chi connectivity index (χ2v) is 6.85. The Balaban J connectivity index is 1.75. The molecule has 1 N–H and O–H groups in total. The molecule has 130 valence electrons. The highest BCUT2D eigenvalue weighted by atomic mass is 32.2. The number of amides is 2. The maximum Gasteiger partial charge on any atom is 0.323 e. The van der Waals surface area contributed by atoms with E-state index in [1.165, 1.54) is 18.2 Å². The van der Waals surface area contributed by atoms with Crippen LogP contribution in [0.1, 0.15) is 16.5 Å². The van der Waals surface area contributed by atoms with Crippen LogP contribution in [0.2, 0.25) is 0 Å². The summed E-state index contributed by atoms with van der Waals surface area (Å²) >= 11 is 1.58. The van der Waals surface area contributed by atoms with Crippen LogP contribution in [0.5, 0.6) is 0 Å². The third-order valence-electron chi connectivity index (χ3n) is 3.96. The number of nitro groups is 1. The molecule has 1 aliphatic rings. The second kappa shape index (κ2) is 7.10. The Morgan fingerprint density at radius 2 is 2.04 bits per heavy atom. The standard InChI is InChI=1S/C17H16FN3O3S/c1-11-2-5-13(10-15(11)18)19-17(22)20-8-9-25-16(20)12-3-6-14(7-4-12)21(23)24/h2-7,10,16H,8-9H2,1H3,(H,19,22). The summed E-state index contributed by atoms with van der Waals surface area (Å²) in [6.07, 6.45) is 0. The fourth-order valence-corrected chi connectivity index (χ4v) is 3.84. The molecular weight excluding hydrogens is 345 g/mol. The highest BCUT2D eigenvalue weighted by Crippen LogP contribution is 2.38. The van der Waals surface area contributed by atoms with Gasteiger partial charge in [0.05, 0.1) is 4.92 Å². The molecule has 0 bridgehead atoms. The number of thioether (sulfide) groups is 1. The average molecular weight is 361 g/mol. The number of anilines is 1. The van der Waals surface area contributed by atoms with Crippen molar-refractivity contribution in [2.75, 3.05) is 17.6 Å². The van der Waals surface area contributed by atoms with Crippen LogP contribution in [0.3, 0.4) is 0 Å². The molecule has 2 aromatic rings. The molecule has 8 heteroatoms. The number of rotatable bonds is 3. The van der Waals surface area contributed by atoms with Gasteiger partial charge in [-0.25, -0.2) is 9.18 Å². The van der Waals surface area contributed by atoms with Crippen LogP contribution < -0.4 is 5.32 Å². The number of hydrogen-bond acceptors (Lipinski definition) is 4. The summed E-state index contributed by atoms with van der Waals surface area (Å²) in [4.78, 5) is 24.5. The van der Waals surface area contributed by atoms with Crippen molar-refractivity contribution in [3.05, 3.63) is 69.5 Å². The van der Waals surface area contributed by atoms with E-state index in [9.17, 15) is 19.3 Å². The van der Waals surface area contributed by atoms with E-state index in [1.807, 2.05) is 0 Å². The van der Waals surface area contributed by atoms with Crippen LogP contribution in [0, 0.1) is 22.9 Å². The Morgan fingerprint density at radius 3 is 2.68 bits per heavy atom. The number of non-ortho nitro benzene ring substituents is 1. The highest BCUT2D eigenvalue weighted by Gasteiger charge is 2.31. The summed E-state index contributed by atoms with van der Waals surface area (Å²) in [7, 11) is 0. The molecule has 2 amide bonds. The third-order valence-corrected chi connectivity index (χ3v) is 5.22. The lowest BCUT2D eigenvalue weighted by atomic mass is 10.2. The van der Waals surface area contributed by atoms with Crippen molar-refractivity contribution in [3.63, 3.8) is 0 Å². The second-order valence-electron chi connectivity index (χ2n) is 5.66. The lowest BCUT2D eigenvalue weighted by molar-refractivity contribution is -0.384. The Kier molecular flexibility index (Phi) is 4.89. The molecule has 0 spiro atoms. The molecule has 0 radical (unpaired) electrons. The maximum atomic E-state index is 13.6. The topological polar surface area (TPSA) is 75.5 Å². The summed E-state index contributed by atoms with van der Waals surface area (Å²) < 4.78 is 13.6. The lowest BCUT2D eigenvalue weighted by Gasteiger charge is -2.24. The van der Waals surface area contributed by atoms with Gasteiger partial charge >= 0.3 is 6.03 Å². The number of benzene rings is 2. The lowest BCUT2D eigenvalue weighted by Crippen LogP contribution is -2.34. The number of carbonyl (C=O) groups is 1. The zero-order valence-electron chi connectivity index (χ0n) is 13.4. The molecule has 1 unspecified atom stereocenters. The molecule has 1 atom stereocenters. The normalized spacial score (nSPS) is 16.7. The quantitative estimate of drug-likeness (QED) is 0.652. The van der Waals surface area contributed by atoms with Gasteiger partial charge in [0.1, 0.15) is 11.2 Å². The zero-order valence-corrected chi connectivity index (χ0v) is 14.3. The average Bonchev–Trinajstić information content (AvgIpc) is 3.08. The minimum atomic E-state index is -0.456. The van der Waals surface area contributed by atoms with Gasteiger partial charge in [0.25, 0.3) is 5.69 Å². The first-order chi connectivity index (χ1) is 12.0. The Hall–Kier alpha value is -2.61. The van der Waals surface area contributed by atoms with Crippen LogP contribution >= 0.6 is 11.8 Å². The molecule has 3 rings (SSSR count). The van der Waals surface area contributed by atoms with Gasteiger partial charge in [-0.15, -0.1) is 11.8 Å². The minimum Gasteiger partial charge on any atom is -0.308 e. The van der Waals surface area contributed by atoms with Crippen LogP contribution in [-0.4, -0.2) is 28.2 Å². The van der Waals surface area contributed by atoms with E-state index in [-0.39, 0.29) is 22.9 Å². The Bertz CT molecular complexity index is 813. The van der Waals surface area contributed by atoms with E-state index in [0.717, 1.165) is 11.3 Å². The number of aryl methyl sites for hydroxylation is 1. The van der Waals surface area contributed by atoms with Crippen molar-refractivity contribution >= 4 is 29.2 Å². The van der Waals surface area contributed by atoms with Crippen molar-refractivity contribution in [1.29, 1.82) is 0 Å². The first kappa shape index (κ1) is 17.2. The molecule has 25 heavy (non-hydrogen) atoms. The van der Waals surface area contributed by atoms with Gasteiger partial charge in [-0.05, 0) is 42.3 Å². The highest BCUT2D eigenvalue weighted by molar-refractivity contribution is 7.99. The van der Waals surface area contributed by atoms with E-state index >= 15 is 0 Å². The first-order valence-electron chi connectivity index (χ1n) is 7.65. The van der Waals surface area contributed by atoms with E-state index in [0.29, 0.717) is 17.8 Å². The predicted octanol–water partition coefficient (Wildman–Crippen LogP) is 4.32. The monoisotopic (exact) mass is 361 g/mol. The Morgan fingerprint density at radius 1 is 1.32 bits per heavy atom. The van der Waals surface area contributed by atoms with Gasteiger partial charge < -0.3 is 10.2 Å². The summed E-state index contributed by atoms with van der Waals surface area (Å²) in [6, 6.07) is 10.4. The number of hydrogen-bond donors (Lipinski definition) is 1. The van der Waals surface area contributed by atoms with Gasteiger partial charge in [0.2, 0.25) is 0 Å². The number of halogens is 1. The van der Waals surface area contributed by atoms with Gasteiger partial charge in [0.15, 0.2) is 0 Å². The summed E-state index contributed by atoms with van der Waals surface area (Å²) in [5.41, 5.74) is 1.74. The minimum absolute atomic E-state index is 0.0119. The first-order valence-corrected chi connectivity index (χ1v) is 8.70. The number of nitrogens with one attached hydrogen (secondary N) is 1. The van der Waals surface area contributed by atoms with Crippen molar-refractivity contribution in [2.24, 2.45) is 0 Å².